The molecule has 1 nitrogen and oxygen atoms in total. The summed E-state index contributed by atoms with van der Waals surface area (Å²) in [7, 11) is 0. The fraction of sp³-hybridized carbons (Fsp3) is 0. The van der Waals surface area contributed by atoms with E-state index in [1.807, 2.05) is 0 Å². The highest BCUT2D eigenvalue weighted by molar-refractivity contribution is 6.25. The standard InChI is InChI=1S/C48H31N/c1-2-13-32(14-3-1)33-25-28-45-44-23-10-11-24-47(44)49(48(45)31-33)36-16-12-15-34(29-36)37-17-4-5-18-38(37)35-26-27-43-41-21-7-6-19-39(41)40-20-8-9-22-42(40)46(43)30-35/h1-31H. The first-order valence-electron chi connectivity index (χ1n) is 16.9. The number of aromatic nitrogens is 1. The molecule has 9 aromatic carbocycles. The van der Waals surface area contributed by atoms with Gasteiger partial charge in [0.1, 0.15) is 0 Å². The third-order valence-corrected chi connectivity index (χ3v) is 10.2. The molecular formula is C48H31N. The van der Waals surface area contributed by atoms with Gasteiger partial charge in [-0.15, -0.1) is 0 Å². The zero-order valence-electron chi connectivity index (χ0n) is 26.8. The Bertz CT molecular complexity index is 2840. The summed E-state index contributed by atoms with van der Waals surface area (Å²) in [4.78, 5) is 0. The molecule has 1 heteroatoms. The number of para-hydroxylation sites is 1. The molecule has 0 unspecified atom stereocenters. The molecule has 0 amide bonds. The largest absolute Gasteiger partial charge is 0.309 e. The lowest BCUT2D eigenvalue weighted by molar-refractivity contribution is 1.18. The minimum Gasteiger partial charge on any atom is -0.309 e. The fourth-order valence-electron chi connectivity index (χ4n) is 7.93. The second-order valence-electron chi connectivity index (χ2n) is 12.9. The molecule has 1 heterocycles. The predicted octanol–water partition coefficient (Wildman–Crippen LogP) is 13.2. The van der Waals surface area contributed by atoms with Crippen LogP contribution in [-0.2, 0) is 0 Å². The Hall–Kier alpha value is -6.44. The van der Waals surface area contributed by atoms with Crippen LogP contribution in [0, 0.1) is 0 Å². The van der Waals surface area contributed by atoms with Crippen LogP contribution in [0.3, 0.4) is 0 Å². The molecule has 49 heavy (non-hydrogen) atoms. The molecule has 10 aromatic rings. The van der Waals surface area contributed by atoms with Crippen LogP contribution in [0.15, 0.2) is 188 Å². The van der Waals surface area contributed by atoms with E-state index in [1.165, 1.54) is 87.5 Å². The van der Waals surface area contributed by atoms with Crippen LogP contribution in [0.5, 0.6) is 0 Å². The van der Waals surface area contributed by atoms with Crippen molar-refractivity contribution in [3.63, 3.8) is 0 Å². The van der Waals surface area contributed by atoms with Crippen molar-refractivity contribution in [3.05, 3.63) is 188 Å². The summed E-state index contributed by atoms with van der Waals surface area (Å²) in [6.45, 7) is 0. The maximum absolute atomic E-state index is 2.43. The number of fused-ring (bicyclic) bond motifs is 9. The number of benzene rings is 9. The maximum atomic E-state index is 2.43. The van der Waals surface area contributed by atoms with Gasteiger partial charge < -0.3 is 4.57 Å². The first kappa shape index (κ1) is 27.7. The minimum absolute atomic E-state index is 1.15. The van der Waals surface area contributed by atoms with Gasteiger partial charge in [-0.05, 0) is 96.0 Å². The SMILES string of the molecule is c1ccc(-c2ccc3c4ccccc4n(-c4cccc(-c5ccccc5-c5ccc6c7ccccc7c7ccccc7c6c5)c4)c3c2)cc1. The van der Waals surface area contributed by atoms with Gasteiger partial charge in [0.2, 0.25) is 0 Å². The van der Waals surface area contributed by atoms with E-state index in [0.29, 0.717) is 0 Å². The highest BCUT2D eigenvalue weighted by Crippen LogP contribution is 2.40. The van der Waals surface area contributed by atoms with Crippen LogP contribution in [0.25, 0.3) is 93.2 Å². The van der Waals surface area contributed by atoms with Gasteiger partial charge in [-0.1, -0.05) is 158 Å². The van der Waals surface area contributed by atoms with E-state index >= 15 is 0 Å². The number of nitrogens with zero attached hydrogens (tertiary/aromatic N) is 1. The molecule has 10 rings (SSSR count). The van der Waals surface area contributed by atoms with Crippen LogP contribution < -0.4 is 0 Å². The van der Waals surface area contributed by atoms with E-state index in [1.54, 1.807) is 0 Å². The average Bonchev–Trinajstić information content (AvgIpc) is 3.52. The van der Waals surface area contributed by atoms with Gasteiger partial charge in [0, 0.05) is 16.5 Å². The normalized spacial score (nSPS) is 11.7. The van der Waals surface area contributed by atoms with Crippen molar-refractivity contribution < 1.29 is 0 Å². The van der Waals surface area contributed by atoms with Crippen molar-refractivity contribution in [2.75, 3.05) is 0 Å². The molecule has 0 fully saturated rings. The highest BCUT2D eigenvalue weighted by Gasteiger charge is 2.16. The molecular weight excluding hydrogens is 591 g/mol. The number of hydrogen-bond acceptors (Lipinski definition) is 0. The number of rotatable bonds is 4. The van der Waals surface area contributed by atoms with Crippen LogP contribution >= 0.6 is 0 Å². The van der Waals surface area contributed by atoms with Crippen molar-refractivity contribution in [1.29, 1.82) is 0 Å². The Kier molecular flexibility index (Phi) is 6.25. The summed E-state index contributed by atoms with van der Waals surface area (Å²) >= 11 is 0. The second kappa shape index (κ2) is 11.1. The molecule has 0 spiro atoms. The van der Waals surface area contributed by atoms with Crippen LogP contribution in [0.2, 0.25) is 0 Å². The maximum Gasteiger partial charge on any atom is 0.0547 e. The topological polar surface area (TPSA) is 4.93 Å². The lowest BCUT2D eigenvalue weighted by Gasteiger charge is -2.15. The molecule has 0 bridgehead atoms. The van der Waals surface area contributed by atoms with Crippen molar-refractivity contribution in [1.82, 2.24) is 4.57 Å². The van der Waals surface area contributed by atoms with Gasteiger partial charge in [-0.2, -0.15) is 0 Å². The Morgan fingerprint density at radius 1 is 0.245 bits per heavy atom. The lowest BCUT2D eigenvalue weighted by Crippen LogP contribution is -1.95. The Labute approximate surface area is 284 Å². The van der Waals surface area contributed by atoms with Gasteiger partial charge in [-0.3, -0.25) is 0 Å². The zero-order chi connectivity index (χ0) is 32.3. The van der Waals surface area contributed by atoms with E-state index in [-0.39, 0.29) is 0 Å². The summed E-state index contributed by atoms with van der Waals surface area (Å²) in [6, 6.07) is 68.7. The van der Waals surface area contributed by atoms with E-state index < -0.39 is 0 Å². The van der Waals surface area contributed by atoms with Crippen molar-refractivity contribution in [3.8, 4) is 39.1 Å². The summed E-state index contributed by atoms with van der Waals surface area (Å²) in [6.07, 6.45) is 0. The molecule has 0 aliphatic heterocycles. The molecule has 0 aliphatic carbocycles. The molecule has 1 aromatic heterocycles. The quantitative estimate of drug-likeness (QED) is 0.172. The molecule has 0 saturated carbocycles. The van der Waals surface area contributed by atoms with E-state index in [2.05, 4.69) is 193 Å². The summed E-state index contributed by atoms with van der Waals surface area (Å²) in [5.41, 5.74) is 10.9. The Morgan fingerprint density at radius 3 is 1.45 bits per heavy atom. The molecule has 0 aliphatic rings. The van der Waals surface area contributed by atoms with Crippen molar-refractivity contribution in [2.45, 2.75) is 0 Å². The summed E-state index contributed by atoms with van der Waals surface area (Å²) in [5, 5.41) is 10.3. The molecule has 0 radical (unpaired) electrons. The minimum atomic E-state index is 1.15. The lowest BCUT2D eigenvalue weighted by atomic mass is 9.90. The van der Waals surface area contributed by atoms with E-state index in [9.17, 15) is 0 Å². The molecule has 0 N–H and O–H groups in total. The first-order chi connectivity index (χ1) is 24.3. The van der Waals surface area contributed by atoms with Gasteiger partial charge in [0.15, 0.2) is 0 Å². The van der Waals surface area contributed by atoms with Gasteiger partial charge >= 0.3 is 0 Å². The summed E-state index contributed by atoms with van der Waals surface area (Å²) < 4.78 is 2.43. The smallest absolute Gasteiger partial charge is 0.0547 e. The molecule has 0 saturated heterocycles. The van der Waals surface area contributed by atoms with Gasteiger partial charge in [0.25, 0.3) is 0 Å². The molecule has 0 atom stereocenters. The Morgan fingerprint density at radius 2 is 0.735 bits per heavy atom. The van der Waals surface area contributed by atoms with Crippen LogP contribution in [0.1, 0.15) is 0 Å². The predicted molar refractivity (Wildman–Crippen MR) is 210 cm³/mol. The molecule has 228 valence electrons. The van der Waals surface area contributed by atoms with E-state index in [0.717, 1.165) is 5.69 Å². The van der Waals surface area contributed by atoms with Gasteiger partial charge in [-0.25, -0.2) is 0 Å². The third-order valence-electron chi connectivity index (χ3n) is 10.2. The van der Waals surface area contributed by atoms with Crippen molar-refractivity contribution >= 4 is 54.1 Å². The monoisotopic (exact) mass is 621 g/mol. The third kappa shape index (κ3) is 4.40. The highest BCUT2D eigenvalue weighted by atomic mass is 15.0. The zero-order valence-corrected chi connectivity index (χ0v) is 26.8. The first-order valence-corrected chi connectivity index (χ1v) is 16.9. The van der Waals surface area contributed by atoms with Crippen molar-refractivity contribution in [2.24, 2.45) is 0 Å². The van der Waals surface area contributed by atoms with Gasteiger partial charge in [0.05, 0.1) is 11.0 Å². The van der Waals surface area contributed by atoms with Crippen LogP contribution in [0.4, 0.5) is 0 Å². The van der Waals surface area contributed by atoms with E-state index in [4.69, 9.17) is 0 Å². The number of hydrogen-bond donors (Lipinski definition) is 0. The second-order valence-corrected chi connectivity index (χ2v) is 12.9. The van der Waals surface area contributed by atoms with Crippen LogP contribution in [-0.4, -0.2) is 4.57 Å². The summed E-state index contributed by atoms with van der Waals surface area (Å²) in [5.74, 6) is 0. The fourth-order valence-corrected chi connectivity index (χ4v) is 7.93. The Balaban J connectivity index is 1.16. The average molecular weight is 622 g/mol.